The molecule has 1 fully saturated rings. The molecule has 2 aromatic carbocycles. The molecule has 0 aromatic heterocycles. The minimum Gasteiger partial charge on any atom is -0.368 e. The van der Waals surface area contributed by atoms with Gasteiger partial charge in [0.05, 0.1) is 11.8 Å². The molecule has 5 heteroatoms. The molecule has 0 saturated carbocycles. The van der Waals surface area contributed by atoms with Crippen LogP contribution in [0.2, 0.25) is 0 Å². The van der Waals surface area contributed by atoms with E-state index in [0.717, 1.165) is 28.8 Å². The Morgan fingerprint density at radius 3 is 2.81 bits per heavy atom. The summed E-state index contributed by atoms with van der Waals surface area (Å²) in [6.07, 6.45) is 1.70. The monoisotopic (exact) mass is 352 g/mol. The molecule has 2 aromatic rings. The van der Waals surface area contributed by atoms with Crippen molar-refractivity contribution >= 4 is 11.6 Å². The van der Waals surface area contributed by atoms with Crippen LogP contribution in [-0.4, -0.2) is 29.3 Å². The van der Waals surface area contributed by atoms with Crippen molar-refractivity contribution in [1.29, 1.82) is 0 Å². The third kappa shape index (κ3) is 3.27. The first-order valence-corrected chi connectivity index (χ1v) is 8.96. The van der Waals surface area contributed by atoms with Gasteiger partial charge in [-0.25, -0.2) is 9.40 Å². The Morgan fingerprint density at radius 2 is 2.08 bits per heavy atom. The van der Waals surface area contributed by atoms with E-state index in [1.807, 2.05) is 31.2 Å². The Kier molecular flexibility index (Phi) is 4.55. The lowest BCUT2D eigenvalue weighted by atomic mass is 9.97. The van der Waals surface area contributed by atoms with Crippen molar-refractivity contribution in [2.45, 2.75) is 38.3 Å². The fourth-order valence-electron chi connectivity index (χ4n) is 3.61. The summed E-state index contributed by atoms with van der Waals surface area (Å²) in [6, 6.07) is 14.2. The summed E-state index contributed by atoms with van der Waals surface area (Å²) in [5.74, 6) is -0.449. The van der Waals surface area contributed by atoms with Gasteiger partial charge in [0.15, 0.2) is 0 Å². The predicted octanol–water partition coefficient (Wildman–Crippen LogP) is 3.99. The van der Waals surface area contributed by atoms with Crippen molar-refractivity contribution in [2.75, 3.05) is 6.61 Å². The second kappa shape index (κ2) is 7.00. The molecular weight excluding hydrogens is 331 g/mol. The fourth-order valence-corrected chi connectivity index (χ4v) is 3.61. The number of rotatable bonds is 3. The summed E-state index contributed by atoms with van der Waals surface area (Å²) in [6.45, 7) is 2.63. The molecule has 0 aliphatic carbocycles. The maximum atomic E-state index is 13.8. The van der Waals surface area contributed by atoms with E-state index in [1.165, 1.54) is 17.1 Å². The SMILES string of the molecule is Cc1cccc(C2=NN(C(=O)C3CCCO3)C(c3cccc(F)c3)C2)c1. The fraction of sp³-hybridized carbons (Fsp3) is 0.333. The largest absolute Gasteiger partial charge is 0.368 e. The van der Waals surface area contributed by atoms with E-state index in [2.05, 4.69) is 11.2 Å². The molecule has 2 aliphatic heterocycles. The highest BCUT2D eigenvalue weighted by atomic mass is 19.1. The second-order valence-electron chi connectivity index (χ2n) is 6.88. The lowest BCUT2D eigenvalue weighted by Crippen LogP contribution is -2.35. The molecule has 1 amide bonds. The van der Waals surface area contributed by atoms with E-state index in [9.17, 15) is 9.18 Å². The first-order valence-electron chi connectivity index (χ1n) is 8.96. The van der Waals surface area contributed by atoms with E-state index in [1.54, 1.807) is 6.07 Å². The number of hydrazone groups is 1. The van der Waals surface area contributed by atoms with E-state index in [4.69, 9.17) is 4.74 Å². The van der Waals surface area contributed by atoms with Crippen LogP contribution in [0.1, 0.15) is 42.0 Å². The normalized spacial score (nSPS) is 22.5. The van der Waals surface area contributed by atoms with Crippen LogP contribution in [0.5, 0.6) is 0 Å². The van der Waals surface area contributed by atoms with Crippen LogP contribution in [0.3, 0.4) is 0 Å². The summed E-state index contributed by atoms with van der Waals surface area (Å²) in [5.41, 5.74) is 3.72. The van der Waals surface area contributed by atoms with Crippen LogP contribution in [0.25, 0.3) is 0 Å². The van der Waals surface area contributed by atoms with E-state index >= 15 is 0 Å². The highest BCUT2D eigenvalue weighted by Gasteiger charge is 2.38. The molecule has 0 radical (unpaired) electrons. The van der Waals surface area contributed by atoms with Gasteiger partial charge in [-0.3, -0.25) is 4.79 Å². The number of nitrogens with zero attached hydrogens (tertiary/aromatic N) is 2. The molecule has 2 atom stereocenters. The predicted molar refractivity (Wildman–Crippen MR) is 97.3 cm³/mol. The minimum atomic E-state index is -0.452. The number of carbonyl (C=O) groups excluding carboxylic acids is 1. The summed E-state index contributed by atoms with van der Waals surface area (Å²) < 4.78 is 19.3. The van der Waals surface area contributed by atoms with Crippen LogP contribution < -0.4 is 0 Å². The topological polar surface area (TPSA) is 41.9 Å². The van der Waals surface area contributed by atoms with Crippen molar-refractivity contribution in [1.82, 2.24) is 5.01 Å². The van der Waals surface area contributed by atoms with Crippen molar-refractivity contribution < 1.29 is 13.9 Å². The van der Waals surface area contributed by atoms with Gasteiger partial charge >= 0.3 is 0 Å². The van der Waals surface area contributed by atoms with E-state index < -0.39 is 6.10 Å². The number of halogens is 1. The Hall–Kier alpha value is -2.53. The maximum absolute atomic E-state index is 13.8. The van der Waals surface area contributed by atoms with Gasteiger partial charge < -0.3 is 4.74 Å². The first kappa shape index (κ1) is 16.9. The molecule has 26 heavy (non-hydrogen) atoms. The van der Waals surface area contributed by atoms with Crippen LogP contribution in [-0.2, 0) is 9.53 Å². The zero-order chi connectivity index (χ0) is 18.1. The van der Waals surface area contributed by atoms with Gasteiger partial charge in [-0.05, 0) is 43.0 Å². The van der Waals surface area contributed by atoms with Gasteiger partial charge in [0, 0.05) is 13.0 Å². The molecule has 2 unspecified atom stereocenters. The van der Waals surface area contributed by atoms with Crippen LogP contribution in [0, 0.1) is 12.7 Å². The number of hydrogen-bond acceptors (Lipinski definition) is 3. The van der Waals surface area contributed by atoms with Crippen molar-refractivity contribution in [2.24, 2.45) is 5.10 Å². The Labute approximate surface area is 152 Å². The Morgan fingerprint density at radius 1 is 1.23 bits per heavy atom. The first-order chi connectivity index (χ1) is 12.6. The van der Waals surface area contributed by atoms with Gasteiger partial charge in [-0.15, -0.1) is 0 Å². The molecule has 0 spiro atoms. The summed E-state index contributed by atoms with van der Waals surface area (Å²) in [7, 11) is 0. The van der Waals surface area contributed by atoms with Crippen LogP contribution in [0.15, 0.2) is 53.6 Å². The lowest BCUT2D eigenvalue weighted by molar-refractivity contribution is -0.142. The smallest absolute Gasteiger partial charge is 0.272 e. The standard InChI is InChI=1S/C21H21FN2O2/c1-14-5-2-6-15(11-14)18-13-19(16-7-3-8-17(22)12-16)24(23-18)21(25)20-9-4-10-26-20/h2-3,5-8,11-12,19-20H,4,9-10,13H2,1H3. The molecule has 4 rings (SSSR count). The number of ether oxygens (including phenoxy) is 1. The van der Waals surface area contributed by atoms with Crippen molar-refractivity contribution in [3.63, 3.8) is 0 Å². The number of aryl methyl sites for hydroxylation is 1. The summed E-state index contributed by atoms with van der Waals surface area (Å²) >= 11 is 0. The van der Waals surface area contributed by atoms with Gasteiger partial charge in [0.25, 0.3) is 5.91 Å². The summed E-state index contributed by atoms with van der Waals surface area (Å²) in [4.78, 5) is 13.0. The van der Waals surface area contributed by atoms with Gasteiger partial charge in [-0.2, -0.15) is 5.10 Å². The quantitative estimate of drug-likeness (QED) is 0.838. The molecule has 2 heterocycles. The zero-order valence-electron chi connectivity index (χ0n) is 14.7. The van der Waals surface area contributed by atoms with Crippen molar-refractivity contribution in [3.05, 3.63) is 71.0 Å². The number of hydrogen-bond donors (Lipinski definition) is 0. The third-order valence-corrected chi connectivity index (χ3v) is 4.93. The summed E-state index contributed by atoms with van der Waals surface area (Å²) in [5, 5.41) is 6.13. The molecule has 4 nitrogen and oxygen atoms in total. The van der Waals surface area contributed by atoms with Crippen molar-refractivity contribution in [3.8, 4) is 0 Å². The Balaban J connectivity index is 1.69. The maximum Gasteiger partial charge on any atom is 0.272 e. The highest BCUT2D eigenvalue weighted by molar-refractivity contribution is 6.03. The average Bonchev–Trinajstić information content (AvgIpc) is 3.31. The third-order valence-electron chi connectivity index (χ3n) is 4.93. The molecule has 2 aliphatic rings. The molecule has 134 valence electrons. The molecular formula is C21H21FN2O2. The molecule has 1 saturated heterocycles. The molecule has 0 bridgehead atoms. The zero-order valence-corrected chi connectivity index (χ0v) is 14.7. The molecule has 0 N–H and O–H groups in total. The second-order valence-corrected chi connectivity index (χ2v) is 6.88. The van der Waals surface area contributed by atoms with Crippen LogP contribution >= 0.6 is 0 Å². The number of amides is 1. The lowest BCUT2D eigenvalue weighted by Gasteiger charge is -2.24. The number of benzene rings is 2. The van der Waals surface area contributed by atoms with Crippen LogP contribution in [0.4, 0.5) is 4.39 Å². The number of carbonyl (C=O) groups is 1. The van der Waals surface area contributed by atoms with Gasteiger partial charge in [0.1, 0.15) is 11.9 Å². The van der Waals surface area contributed by atoms with Gasteiger partial charge in [-0.1, -0.05) is 42.0 Å². The van der Waals surface area contributed by atoms with E-state index in [-0.39, 0.29) is 17.8 Å². The Bertz CT molecular complexity index is 859. The average molecular weight is 352 g/mol. The minimum absolute atomic E-state index is 0.139. The highest BCUT2D eigenvalue weighted by Crippen LogP contribution is 2.34. The van der Waals surface area contributed by atoms with Gasteiger partial charge in [0.2, 0.25) is 0 Å². The van der Waals surface area contributed by atoms with E-state index in [0.29, 0.717) is 19.4 Å².